The average Bonchev–Trinajstić information content (AvgIpc) is 2.39. The van der Waals surface area contributed by atoms with E-state index in [0.717, 1.165) is 12.0 Å². The van der Waals surface area contributed by atoms with Crippen LogP contribution >= 0.6 is 11.6 Å². The lowest BCUT2D eigenvalue weighted by Crippen LogP contribution is -2.48. The van der Waals surface area contributed by atoms with Gasteiger partial charge in [-0.1, -0.05) is 23.7 Å². The molecule has 0 radical (unpaired) electrons. The van der Waals surface area contributed by atoms with Crippen molar-refractivity contribution < 1.29 is 14.6 Å². The molecule has 1 aliphatic rings. The minimum Gasteiger partial charge on any atom is -0.450 e. The summed E-state index contributed by atoms with van der Waals surface area (Å²) in [6.45, 7) is 2.96. The van der Waals surface area contributed by atoms with Crippen LogP contribution in [0.25, 0.3) is 0 Å². The SMILES string of the molecule is CCOC(=O)N1CCCC(O)(c2cccc(Cl)c2)C1. The second kappa shape index (κ2) is 5.80. The Balaban J connectivity index is 2.17. The van der Waals surface area contributed by atoms with Gasteiger partial charge in [0.1, 0.15) is 5.60 Å². The molecule has 0 aliphatic carbocycles. The number of carbonyl (C=O) groups is 1. The summed E-state index contributed by atoms with van der Waals surface area (Å²) in [5.41, 5.74) is -0.301. The fraction of sp³-hybridized carbons (Fsp3) is 0.500. The third-order valence-corrected chi connectivity index (χ3v) is 3.59. The summed E-state index contributed by atoms with van der Waals surface area (Å²) < 4.78 is 4.98. The molecule has 0 spiro atoms. The molecule has 1 aliphatic heterocycles. The highest BCUT2D eigenvalue weighted by Gasteiger charge is 2.37. The third-order valence-electron chi connectivity index (χ3n) is 3.36. The fourth-order valence-corrected chi connectivity index (χ4v) is 2.61. The number of hydrogen-bond donors (Lipinski definition) is 1. The Morgan fingerprint density at radius 1 is 1.58 bits per heavy atom. The van der Waals surface area contributed by atoms with Crippen LogP contribution in [0.3, 0.4) is 0 Å². The summed E-state index contributed by atoms with van der Waals surface area (Å²) in [4.78, 5) is 13.3. The zero-order valence-electron chi connectivity index (χ0n) is 10.9. The molecule has 1 atom stereocenters. The molecule has 1 fully saturated rings. The number of carbonyl (C=O) groups excluding carboxylic acids is 1. The zero-order valence-corrected chi connectivity index (χ0v) is 11.7. The highest BCUT2D eigenvalue weighted by Crippen LogP contribution is 2.32. The summed E-state index contributed by atoms with van der Waals surface area (Å²) >= 11 is 5.96. The van der Waals surface area contributed by atoms with Crippen molar-refractivity contribution in [3.05, 3.63) is 34.9 Å². The molecule has 1 amide bonds. The molecule has 2 rings (SSSR count). The Kier molecular flexibility index (Phi) is 4.32. The van der Waals surface area contributed by atoms with Crippen molar-refractivity contribution in [2.75, 3.05) is 19.7 Å². The van der Waals surface area contributed by atoms with Crippen LogP contribution in [0.15, 0.2) is 24.3 Å². The number of piperidine rings is 1. The maximum absolute atomic E-state index is 11.8. The van der Waals surface area contributed by atoms with Crippen molar-refractivity contribution in [2.45, 2.75) is 25.4 Å². The van der Waals surface area contributed by atoms with Crippen LogP contribution in [0.4, 0.5) is 4.79 Å². The van der Waals surface area contributed by atoms with Crippen LogP contribution in [-0.2, 0) is 10.3 Å². The fourth-order valence-electron chi connectivity index (χ4n) is 2.42. The van der Waals surface area contributed by atoms with Crippen molar-refractivity contribution in [2.24, 2.45) is 0 Å². The molecule has 5 heteroatoms. The Morgan fingerprint density at radius 2 is 2.37 bits per heavy atom. The molecule has 0 aromatic heterocycles. The van der Waals surface area contributed by atoms with Crippen molar-refractivity contribution in [3.8, 4) is 0 Å². The number of aliphatic hydroxyl groups is 1. The van der Waals surface area contributed by atoms with Gasteiger partial charge in [0.2, 0.25) is 0 Å². The van der Waals surface area contributed by atoms with Crippen molar-refractivity contribution >= 4 is 17.7 Å². The molecule has 19 heavy (non-hydrogen) atoms. The molecule has 1 aromatic carbocycles. The molecule has 1 unspecified atom stereocenters. The van der Waals surface area contributed by atoms with E-state index in [1.165, 1.54) is 0 Å². The molecule has 1 saturated heterocycles. The molecule has 1 aromatic rings. The first-order valence-electron chi connectivity index (χ1n) is 6.45. The van der Waals surface area contributed by atoms with E-state index in [2.05, 4.69) is 0 Å². The predicted octanol–water partition coefficient (Wildman–Crippen LogP) is 2.78. The van der Waals surface area contributed by atoms with Crippen molar-refractivity contribution in [1.82, 2.24) is 4.90 Å². The normalized spacial score (nSPS) is 23.2. The van der Waals surface area contributed by atoms with Crippen LogP contribution in [0.2, 0.25) is 5.02 Å². The second-order valence-electron chi connectivity index (χ2n) is 4.77. The summed E-state index contributed by atoms with van der Waals surface area (Å²) in [6.07, 6.45) is 0.980. The van der Waals surface area contributed by atoms with E-state index in [-0.39, 0.29) is 12.6 Å². The van der Waals surface area contributed by atoms with Crippen LogP contribution in [-0.4, -0.2) is 35.8 Å². The largest absolute Gasteiger partial charge is 0.450 e. The number of likely N-dealkylation sites (tertiary alicyclic amines) is 1. The second-order valence-corrected chi connectivity index (χ2v) is 5.20. The molecule has 4 nitrogen and oxygen atoms in total. The topological polar surface area (TPSA) is 49.8 Å². The smallest absolute Gasteiger partial charge is 0.409 e. The minimum absolute atomic E-state index is 0.242. The molecule has 0 bridgehead atoms. The molecular formula is C14H18ClNO3. The van der Waals surface area contributed by atoms with E-state index < -0.39 is 5.60 Å². The number of benzene rings is 1. The monoisotopic (exact) mass is 283 g/mol. The Labute approximate surface area is 117 Å². The number of amides is 1. The van der Waals surface area contributed by atoms with Gasteiger partial charge >= 0.3 is 6.09 Å². The minimum atomic E-state index is -1.05. The van der Waals surface area contributed by atoms with Gasteiger partial charge in [0.25, 0.3) is 0 Å². The van der Waals surface area contributed by atoms with Crippen molar-refractivity contribution in [1.29, 1.82) is 0 Å². The molecule has 104 valence electrons. The van der Waals surface area contributed by atoms with Gasteiger partial charge in [-0.25, -0.2) is 4.79 Å². The highest BCUT2D eigenvalue weighted by molar-refractivity contribution is 6.30. The first kappa shape index (κ1) is 14.2. The maximum Gasteiger partial charge on any atom is 0.409 e. The lowest BCUT2D eigenvalue weighted by atomic mass is 9.86. The van der Waals surface area contributed by atoms with E-state index in [1.54, 1.807) is 30.0 Å². The van der Waals surface area contributed by atoms with Crippen LogP contribution < -0.4 is 0 Å². The van der Waals surface area contributed by atoms with Crippen LogP contribution in [0, 0.1) is 0 Å². The number of nitrogens with zero attached hydrogens (tertiary/aromatic N) is 1. The Bertz CT molecular complexity index is 466. The number of hydrogen-bond acceptors (Lipinski definition) is 3. The van der Waals surface area contributed by atoms with Gasteiger partial charge in [0.05, 0.1) is 13.2 Å². The Hall–Kier alpha value is -1.26. The van der Waals surface area contributed by atoms with E-state index in [4.69, 9.17) is 16.3 Å². The van der Waals surface area contributed by atoms with Gasteiger partial charge in [-0.05, 0) is 37.5 Å². The van der Waals surface area contributed by atoms with Crippen LogP contribution in [0.5, 0.6) is 0 Å². The lowest BCUT2D eigenvalue weighted by molar-refractivity contribution is -0.0335. The third kappa shape index (κ3) is 3.19. The van der Waals surface area contributed by atoms with Gasteiger partial charge in [-0.3, -0.25) is 0 Å². The van der Waals surface area contributed by atoms with Gasteiger partial charge in [-0.2, -0.15) is 0 Å². The lowest BCUT2D eigenvalue weighted by Gasteiger charge is -2.39. The molecule has 1 heterocycles. The van der Waals surface area contributed by atoms with E-state index in [9.17, 15) is 9.90 Å². The van der Waals surface area contributed by atoms with Gasteiger partial charge in [0, 0.05) is 11.6 Å². The average molecular weight is 284 g/mol. The first-order valence-corrected chi connectivity index (χ1v) is 6.83. The summed E-state index contributed by atoms with van der Waals surface area (Å²) in [7, 11) is 0. The van der Waals surface area contributed by atoms with Gasteiger partial charge in [0.15, 0.2) is 0 Å². The zero-order chi connectivity index (χ0) is 13.9. The van der Waals surface area contributed by atoms with Gasteiger partial charge in [-0.15, -0.1) is 0 Å². The summed E-state index contributed by atoms with van der Waals surface area (Å²) in [5, 5.41) is 11.3. The number of rotatable bonds is 2. The highest BCUT2D eigenvalue weighted by atomic mass is 35.5. The van der Waals surface area contributed by atoms with E-state index in [0.29, 0.717) is 24.6 Å². The first-order chi connectivity index (χ1) is 9.05. The van der Waals surface area contributed by atoms with Crippen molar-refractivity contribution in [3.63, 3.8) is 0 Å². The van der Waals surface area contributed by atoms with Gasteiger partial charge < -0.3 is 14.7 Å². The summed E-state index contributed by atoms with van der Waals surface area (Å²) in [5.74, 6) is 0. The molecular weight excluding hydrogens is 266 g/mol. The number of halogens is 1. The summed E-state index contributed by atoms with van der Waals surface area (Å²) in [6, 6.07) is 7.15. The standard InChI is InChI=1S/C14H18ClNO3/c1-2-19-13(17)16-8-4-7-14(18,10-16)11-5-3-6-12(15)9-11/h3,5-6,9,18H,2,4,7-8,10H2,1H3. The number of β-amino-alcohol motifs (C(OH)–C–C–N with tert-alkyl or cyclic N) is 1. The predicted molar refractivity (Wildman–Crippen MR) is 73.2 cm³/mol. The molecule has 0 saturated carbocycles. The quantitative estimate of drug-likeness (QED) is 0.908. The number of ether oxygens (including phenoxy) is 1. The van der Waals surface area contributed by atoms with Crippen LogP contribution in [0.1, 0.15) is 25.3 Å². The molecule has 1 N–H and O–H groups in total. The van der Waals surface area contributed by atoms with E-state index >= 15 is 0 Å². The van der Waals surface area contributed by atoms with E-state index in [1.807, 2.05) is 6.07 Å². The Morgan fingerprint density at radius 3 is 3.05 bits per heavy atom. The maximum atomic E-state index is 11.8.